The lowest BCUT2D eigenvalue weighted by Gasteiger charge is -2.30. The summed E-state index contributed by atoms with van der Waals surface area (Å²) >= 11 is 0. The average molecular weight is 367 g/mol. The maximum atomic E-state index is 12.8. The molecule has 0 bridgehead atoms. The molecule has 1 saturated heterocycles. The maximum Gasteiger partial charge on any atom is 0.335 e. The topological polar surface area (TPSA) is 83.4 Å². The van der Waals surface area contributed by atoms with Gasteiger partial charge in [-0.15, -0.1) is 0 Å². The third kappa shape index (κ3) is 3.99. The number of amides is 1. The van der Waals surface area contributed by atoms with Crippen molar-refractivity contribution >= 4 is 11.9 Å². The molecule has 27 heavy (non-hydrogen) atoms. The summed E-state index contributed by atoms with van der Waals surface area (Å²) in [7, 11) is 0. The predicted octanol–water partition coefficient (Wildman–Crippen LogP) is 3.86. The first-order valence-electron chi connectivity index (χ1n) is 9.17. The molecule has 0 unspecified atom stereocenters. The zero-order valence-electron chi connectivity index (χ0n) is 16.2. The van der Waals surface area contributed by atoms with Crippen LogP contribution in [0, 0.1) is 12.3 Å². The number of aromatic carboxylic acids is 1. The van der Waals surface area contributed by atoms with E-state index in [2.05, 4.69) is 9.97 Å². The smallest absolute Gasteiger partial charge is 0.335 e. The highest BCUT2D eigenvalue weighted by atomic mass is 16.4. The van der Waals surface area contributed by atoms with E-state index >= 15 is 0 Å². The number of aromatic nitrogens is 2. The number of nitrogens with zero attached hydrogens (tertiary/aromatic N) is 3. The number of carboxylic acid groups (broad SMARTS) is 1. The summed E-state index contributed by atoms with van der Waals surface area (Å²) in [6, 6.07) is 8.51. The van der Waals surface area contributed by atoms with E-state index in [4.69, 9.17) is 5.11 Å². The third-order valence-electron chi connectivity index (χ3n) is 4.78. The molecule has 6 heteroatoms. The van der Waals surface area contributed by atoms with Crippen molar-refractivity contribution in [2.75, 3.05) is 6.54 Å². The van der Waals surface area contributed by atoms with Crippen LogP contribution in [-0.4, -0.2) is 38.4 Å². The molecule has 0 aliphatic carbocycles. The van der Waals surface area contributed by atoms with Crippen LogP contribution in [0.5, 0.6) is 0 Å². The molecule has 1 aromatic carbocycles. The Morgan fingerprint density at radius 3 is 2.41 bits per heavy atom. The van der Waals surface area contributed by atoms with Crippen molar-refractivity contribution in [1.29, 1.82) is 0 Å². The minimum Gasteiger partial charge on any atom is -0.478 e. The van der Waals surface area contributed by atoms with Crippen molar-refractivity contribution in [1.82, 2.24) is 14.9 Å². The molecule has 1 aliphatic rings. The van der Waals surface area contributed by atoms with Gasteiger partial charge >= 0.3 is 5.97 Å². The van der Waals surface area contributed by atoms with Crippen LogP contribution in [0.15, 0.2) is 30.3 Å². The highest BCUT2D eigenvalue weighted by molar-refractivity contribution is 5.88. The Hall–Kier alpha value is -2.76. The number of hydrogen-bond acceptors (Lipinski definition) is 4. The van der Waals surface area contributed by atoms with Gasteiger partial charge in [-0.25, -0.2) is 14.8 Å². The fourth-order valence-corrected chi connectivity index (χ4v) is 3.44. The van der Waals surface area contributed by atoms with Crippen molar-refractivity contribution in [3.05, 3.63) is 47.4 Å². The molecule has 0 spiro atoms. The SMILES string of the molecule is Cc1nc(-c2ccc(C(=O)O)cc2)cc([C@@H]2CCCN2C(=O)C(C)(C)C)n1. The molecule has 0 saturated carbocycles. The molecular weight excluding hydrogens is 342 g/mol. The van der Waals surface area contributed by atoms with Gasteiger partial charge in [0.05, 0.1) is 23.0 Å². The van der Waals surface area contributed by atoms with E-state index in [9.17, 15) is 9.59 Å². The first-order chi connectivity index (χ1) is 12.7. The summed E-state index contributed by atoms with van der Waals surface area (Å²) in [5.41, 5.74) is 2.22. The van der Waals surface area contributed by atoms with Crippen LogP contribution in [-0.2, 0) is 4.79 Å². The Balaban J connectivity index is 1.95. The molecule has 1 aliphatic heterocycles. The number of carboxylic acids is 1. The molecule has 1 N–H and O–H groups in total. The number of benzene rings is 1. The third-order valence-corrected chi connectivity index (χ3v) is 4.78. The number of rotatable bonds is 3. The van der Waals surface area contributed by atoms with E-state index in [0.717, 1.165) is 36.3 Å². The second-order valence-electron chi connectivity index (χ2n) is 8.01. The van der Waals surface area contributed by atoms with Gasteiger partial charge in [0.2, 0.25) is 5.91 Å². The molecular formula is C21H25N3O3. The van der Waals surface area contributed by atoms with Crippen LogP contribution in [0.4, 0.5) is 0 Å². The van der Waals surface area contributed by atoms with Crippen molar-refractivity contribution in [3.63, 3.8) is 0 Å². The summed E-state index contributed by atoms with van der Waals surface area (Å²) in [6.07, 6.45) is 1.84. The van der Waals surface area contributed by atoms with Crippen LogP contribution >= 0.6 is 0 Å². The monoisotopic (exact) mass is 367 g/mol. The van der Waals surface area contributed by atoms with Gasteiger partial charge in [-0.1, -0.05) is 32.9 Å². The predicted molar refractivity (Wildman–Crippen MR) is 102 cm³/mol. The van der Waals surface area contributed by atoms with E-state index in [1.165, 1.54) is 0 Å². The fourth-order valence-electron chi connectivity index (χ4n) is 3.44. The molecule has 0 radical (unpaired) electrons. The van der Waals surface area contributed by atoms with E-state index in [1.807, 2.05) is 38.7 Å². The largest absolute Gasteiger partial charge is 0.478 e. The van der Waals surface area contributed by atoms with Crippen LogP contribution in [0.2, 0.25) is 0 Å². The minimum atomic E-state index is -0.955. The molecule has 142 valence electrons. The summed E-state index contributed by atoms with van der Waals surface area (Å²) in [5.74, 6) is -0.183. The van der Waals surface area contributed by atoms with E-state index in [1.54, 1.807) is 24.3 Å². The van der Waals surface area contributed by atoms with Crippen molar-refractivity contribution < 1.29 is 14.7 Å². The first kappa shape index (κ1) is 19.0. The number of aryl methyl sites for hydroxylation is 1. The normalized spacial score (nSPS) is 17.2. The lowest BCUT2D eigenvalue weighted by Crippen LogP contribution is -2.39. The van der Waals surface area contributed by atoms with Gasteiger partial charge in [-0.05, 0) is 38.0 Å². The highest BCUT2D eigenvalue weighted by Gasteiger charge is 2.36. The van der Waals surface area contributed by atoms with Crippen molar-refractivity contribution in [2.24, 2.45) is 5.41 Å². The molecule has 6 nitrogen and oxygen atoms in total. The Kier molecular flexibility index (Phi) is 5.00. The van der Waals surface area contributed by atoms with Gasteiger partial charge < -0.3 is 10.0 Å². The first-order valence-corrected chi connectivity index (χ1v) is 9.17. The molecule has 1 amide bonds. The summed E-state index contributed by atoms with van der Waals surface area (Å²) < 4.78 is 0. The number of likely N-dealkylation sites (tertiary alicyclic amines) is 1. The number of carbonyl (C=O) groups is 2. The molecule has 1 aromatic heterocycles. The Morgan fingerprint density at radius 1 is 1.15 bits per heavy atom. The zero-order chi connectivity index (χ0) is 19.8. The minimum absolute atomic E-state index is 0.0459. The van der Waals surface area contributed by atoms with Gasteiger partial charge in [-0.3, -0.25) is 4.79 Å². The van der Waals surface area contributed by atoms with Gasteiger partial charge in [0.15, 0.2) is 0 Å². The zero-order valence-corrected chi connectivity index (χ0v) is 16.2. The molecule has 2 aromatic rings. The van der Waals surface area contributed by atoms with E-state index < -0.39 is 11.4 Å². The Bertz CT molecular complexity index is 869. The second-order valence-corrected chi connectivity index (χ2v) is 8.01. The van der Waals surface area contributed by atoms with Crippen LogP contribution in [0.1, 0.15) is 61.5 Å². The van der Waals surface area contributed by atoms with Gasteiger partial charge in [0, 0.05) is 17.5 Å². The van der Waals surface area contributed by atoms with E-state index in [0.29, 0.717) is 5.82 Å². The maximum absolute atomic E-state index is 12.8. The molecule has 3 rings (SSSR count). The molecule has 1 atom stereocenters. The number of carbonyl (C=O) groups excluding carboxylic acids is 1. The Labute approximate surface area is 159 Å². The standard InChI is InChI=1S/C21H25N3O3/c1-13-22-16(14-7-9-15(10-8-14)19(25)26)12-17(23-13)18-6-5-11-24(18)20(27)21(2,3)4/h7-10,12,18H,5-6,11H2,1-4H3,(H,25,26)/t18-/m0/s1. The van der Waals surface area contributed by atoms with Gasteiger partial charge in [-0.2, -0.15) is 0 Å². The average Bonchev–Trinajstić information content (AvgIpc) is 3.09. The second kappa shape index (κ2) is 7.10. The molecule has 2 heterocycles. The Morgan fingerprint density at radius 2 is 1.81 bits per heavy atom. The fraction of sp³-hybridized carbons (Fsp3) is 0.429. The highest BCUT2D eigenvalue weighted by Crippen LogP contribution is 2.35. The van der Waals surface area contributed by atoms with Gasteiger partial charge in [0.1, 0.15) is 5.82 Å². The summed E-state index contributed by atoms with van der Waals surface area (Å²) in [4.78, 5) is 34.9. The number of hydrogen-bond donors (Lipinski definition) is 1. The lowest BCUT2D eigenvalue weighted by molar-refractivity contribution is -0.140. The van der Waals surface area contributed by atoms with Crippen molar-refractivity contribution in [2.45, 2.75) is 46.6 Å². The lowest BCUT2D eigenvalue weighted by atomic mass is 9.94. The van der Waals surface area contributed by atoms with Crippen LogP contribution in [0.25, 0.3) is 11.3 Å². The summed E-state index contributed by atoms with van der Waals surface area (Å²) in [5, 5.41) is 9.06. The quantitative estimate of drug-likeness (QED) is 0.890. The van der Waals surface area contributed by atoms with Gasteiger partial charge in [0.25, 0.3) is 0 Å². The van der Waals surface area contributed by atoms with Crippen LogP contribution in [0.3, 0.4) is 0 Å². The van der Waals surface area contributed by atoms with E-state index in [-0.39, 0.29) is 17.5 Å². The van der Waals surface area contributed by atoms with Crippen molar-refractivity contribution in [3.8, 4) is 11.3 Å². The summed E-state index contributed by atoms with van der Waals surface area (Å²) in [6.45, 7) is 8.39. The van der Waals surface area contributed by atoms with Crippen LogP contribution < -0.4 is 0 Å². The molecule has 1 fully saturated rings.